The normalized spacial score (nSPS) is 11.2. The fraction of sp³-hybridized carbons (Fsp3) is 0.188. The molecule has 0 aliphatic heterocycles. The van der Waals surface area contributed by atoms with Gasteiger partial charge in [0.05, 0.1) is 4.90 Å². The highest BCUT2D eigenvalue weighted by Crippen LogP contribution is 2.11. The Kier molecular flexibility index (Phi) is 4.95. The Balaban J connectivity index is 2.12. The summed E-state index contributed by atoms with van der Waals surface area (Å²) < 4.78 is 25.7. The van der Waals surface area contributed by atoms with Gasteiger partial charge in [-0.25, -0.2) is 13.1 Å². The molecule has 0 heterocycles. The van der Waals surface area contributed by atoms with Crippen LogP contribution >= 0.6 is 0 Å². The predicted octanol–water partition coefficient (Wildman–Crippen LogP) is 1.83. The molecule has 0 atom stereocenters. The number of hydrogen-bond acceptors (Lipinski definition) is 3. The van der Waals surface area contributed by atoms with Gasteiger partial charge in [-0.3, -0.25) is 4.79 Å². The van der Waals surface area contributed by atoms with Crippen molar-refractivity contribution in [2.24, 2.45) is 0 Å². The van der Waals surface area contributed by atoms with Gasteiger partial charge in [0, 0.05) is 12.1 Å². The molecule has 22 heavy (non-hydrogen) atoms. The lowest BCUT2D eigenvalue weighted by atomic mass is 10.1. The molecule has 0 bridgehead atoms. The standard InChI is InChI=1S/C16H18N2O3S/c1-12-5-3-6-13(9-12)11-18-16(19)14-7-4-8-15(10-14)22(20,21)17-2/h3-10,17H,11H2,1-2H3,(H,18,19). The highest BCUT2D eigenvalue weighted by Gasteiger charge is 2.14. The second kappa shape index (κ2) is 6.72. The van der Waals surface area contributed by atoms with Crippen molar-refractivity contribution < 1.29 is 13.2 Å². The van der Waals surface area contributed by atoms with Crippen LogP contribution in [0.3, 0.4) is 0 Å². The van der Waals surface area contributed by atoms with E-state index in [0.717, 1.165) is 11.1 Å². The average Bonchev–Trinajstić information content (AvgIpc) is 2.53. The second-order valence-electron chi connectivity index (χ2n) is 4.91. The van der Waals surface area contributed by atoms with E-state index in [1.165, 1.54) is 19.2 Å². The van der Waals surface area contributed by atoms with Crippen molar-refractivity contribution in [3.8, 4) is 0 Å². The van der Waals surface area contributed by atoms with Crippen molar-refractivity contribution in [3.05, 3.63) is 65.2 Å². The molecule has 2 rings (SSSR count). The van der Waals surface area contributed by atoms with Gasteiger partial charge in [-0.1, -0.05) is 35.9 Å². The number of nitrogens with one attached hydrogen (secondary N) is 2. The van der Waals surface area contributed by atoms with Gasteiger partial charge in [-0.05, 0) is 37.7 Å². The zero-order valence-electron chi connectivity index (χ0n) is 12.5. The predicted molar refractivity (Wildman–Crippen MR) is 85.0 cm³/mol. The summed E-state index contributed by atoms with van der Waals surface area (Å²) in [7, 11) is -2.22. The van der Waals surface area contributed by atoms with Crippen LogP contribution < -0.4 is 10.0 Å². The minimum absolute atomic E-state index is 0.0678. The van der Waals surface area contributed by atoms with E-state index in [1.54, 1.807) is 12.1 Å². The van der Waals surface area contributed by atoms with Crippen LogP contribution in [0.5, 0.6) is 0 Å². The quantitative estimate of drug-likeness (QED) is 0.883. The highest BCUT2D eigenvalue weighted by molar-refractivity contribution is 7.89. The average molecular weight is 318 g/mol. The van der Waals surface area contributed by atoms with Crippen LogP contribution in [0.4, 0.5) is 0 Å². The van der Waals surface area contributed by atoms with Gasteiger partial charge in [0.2, 0.25) is 10.0 Å². The molecular formula is C16H18N2O3S. The van der Waals surface area contributed by atoms with Crippen LogP contribution in [0.2, 0.25) is 0 Å². The largest absolute Gasteiger partial charge is 0.348 e. The molecule has 5 nitrogen and oxygen atoms in total. The first-order valence-corrected chi connectivity index (χ1v) is 8.28. The zero-order valence-corrected chi connectivity index (χ0v) is 13.3. The minimum atomic E-state index is -3.56. The summed E-state index contributed by atoms with van der Waals surface area (Å²) in [6.07, 6.45) is 0. The number of sulfonamides is 1. The molecule has 0 aromatic heterocycles. The van der Waals surface area contributed by atoms with E-state index in [1.807, 2.05) is 31.2 Å². The first-order chi connectivity index (χ1) is 10.4. The summed E-state index contributed by atoms with van der Waals surface area (Å²) in [6, 6.07) is 13.8. The molecule has 1 amide bonds. The summed E-state index contributed by atoms with van der Waals surface area (Å²) in [5.74, 6) is -0.311. The third-order valence-electron chi connectivity index (χ3n) is 3.21. The smallest absolute Gasteiger partial charge is 0.251 e. The molecule has 0 aliphatic carbocycles. The molecule has 116 valence electrons. The lowest BCUT2D eigenvalue weighted by Crippen LogP contribution is -2.24. The summed E-state index contributed by atoms with van der Waals surface area (Å²) in [6.45, 7) is 2.38. The second-order valence-corrected chi connectivity index (χ2v) is 6.79. The van der Waals surface area contributed by atoms with Gasteiger partial charge in [0.1, 0.15) is 0 Å². The number of hydrogen-bond donors (Lipinski definition) is 2. The van der Waals surface area contributed by atoms with Crippen molar-refractivity contribution >= 4 is 15.9 Å². The van der Waals surface area contributed by atoms with Crippen molar-refractivity contribution in [1.82, 2.24) is 10.0 Å². The van der Waals surface area contributed by atoms with Gasteiger partial charge in [0.25, 0.3) is 5.91 Å². The lowest BCUT2D eigenvalue weighted by molar-refractivity contribution is 0.0950. The topological polar surface area (TPSA) is 75.3 Å². The number of rotatable bonds is 5. The maximum atomic E-state index is 12.1. The summed E-state index contributed by atoms with van der Waals surface area (Å²) in [4.78, 5) is 12.2. The van der Waals surface area contributed by atoms with Crippen LogP contribution in [0.15, 0.2) is 53.4 Å². The van der Waals surface area contributed by atoms with Crippen LogP contribution in [0.1, 0.15) is 21.5 Å². The van der Waals surface area contributed by atoms with Crippen molar-refractivity contribution in [3.63, 3.8) is 0 Å². The van der Waals surface area contributed by atoms with Crippen molar-refractivity contribution in [2.45, 2.75) is 18.4 Å². The first kappa shape index (κ1) is 16.2. The summed E-state index contributed by atoms with van der Waals surface area (Å²) in [5.41, 5.74) is 2.42. The molecule has 6 heteroatoms. The van der Waals surface area contributed by atoms with Gasteiger partial charge in [-0.2, -0.15) is 0 Å². The van der Waals surface area contributed by atoms with Crippen molar-refractivity contribution in [2.75, 3.05) is 7.05 Å². The van der Waals surface area contributed by atoms with E-state index in [9.17, 15) is 13.2 Å². The summed E-state index contributed by atoms with van der Waals surface area (Å²) >= 11 is 0. The number of benzene rings is 2. The maximum absolute atomic E-state index is 12.1. The van der Waals surface area contributed by atoms with E-state index in [0.29, 0.717) is 12.1 Å². The Morgan fingerprint density at radius 2 is 1.82 bits per heavy atom. The van der Waals surface area contributed by atoms with Gasteiger partial charge < -0.3 is 5.32 Å². The lowest BCUT2D eigenvalue weighted by Gasteiger charge is -2.08. The Bertz CT molecular complexity index is 785. The number of aryl methyl sites for hydroxylation is 1. The third kappa shape index (κ3) is 3.93. The molecule has 0 saturated heterocycles. The fourth-order valence-corrected chi connectivity index (χ4v) is 2.80. The molecule has 0 radical (unpaired) electrons. The van der Waals surface area contributed by atoms with E-state index in [2.05, 4.69) is 10.0 Å². The Morgan fingerprint density at radius 1 is 1.09 bits per heavy atom. The molecule has 2 N–H and O–H groups in total. The molecule has 2 aromatic rings. The maximum Gasteiger partial charge on any atom is 0.251 e. The van der Waals surface area contributed by atoms with Crippen LogP contribution in [-0.2, 0) is 16.6 Å². The molecule has 0 saturated carbocycles. The highest BCUT2D eigenvalue weighted by atomic mass is 32.2. The SMILES string of the molecule is CNS(=O)(=O)c1cccc(C(=O)NCc2cccc(C)c2)c1. The monoisotopic (exact) mass is 318 g/mol. The molecule has 0 spiro atoms. The van der Waals surface area contributed by atoms with Crippen LogP contribution in [0.25, 0.3) is 0 Å². The molecule has 0 aliphatic rings. The zero-order chi connectivity index (χ0) is 16.2. The molecule has 0 unspecified atom stereocenters. The molecular weight excluding hydrogens is 300 g/mol. The Hall–Kier alpha value is -2.18. The minimum Gasteiger partial charge on any atom is -0.348 e. The third-order valence-corrected chi connectivity index (χ3v) is 4.62. The molecule has 2 aromatic carbocycles. The van der Waals surface area contributed by atoms with Crippen LogP contribution in [0, 0.1) is 6.92 Å². The first-order valence-electron chi connectivity index (χ1n) is 6.80. The van der Waals surface area contributed by atoms with Crippen molar-refractivity contribution in [1.29, 1.82) is 0 Å². The van der Waals surface area contributed by atoms with E-state index >= 15 is 0 Å². The molecule has 0 fully saturated rings. The number of carbonyl (C=O) groups excluding carboxylic acids is 1. The summed E-state index contributed by atoms with van der Waals surface area (Å²) in [5, 5.41) is 2.78. The van der Waals surface area contributed by atoms with E-state index in [-0.39, 0.29) is 10.8 Å². The fourth-order valence-electron chi connectivity index (χ4n) is 2.03. The Labute approximate surface area is 130 Å². The van der Waals surface area contributed by atoms with Gasteiger partial charge in [-0.15, -0.1) is 0 Å². The van der Waals surface area contributed by atoms with E-state index < -0.39 is 10.0 Å². The van der Waals surface area contributed by atoms with Crippen LogP contribution in [-0.4, -0.2) is 21.4 Å². The number of amides is 1. The number of carbonyl (C=O) groups is 1. The Morgan fingerprint density at radius 3 is 2.50 bits per heavy atom. The van der Waals surface area contributed by atoms with Gasteiger partial charge in [0.15, 0.2) is 0 Å². The van der Waals surface area contributed by atoms with Gasteiger partial charge >= 0.3 is 0 Å². The van der Waals surface area contributed by atoms with E-state index in [4.69, 9.17) is 0 Å².